The Morgan fingerprint density at radius 2 is 1.75 bits per heavy atom. The van der Waals surface area contributed by atoms with E-state index in [1.54, 1.807) is 6.20 Å². The van der Waals surface area contributed by atoms with Gasteiger partial charge in [-0.1, -0.05) is 0 Å². The molecule has 4 bridgehead atoms. The third-order valence-electron chi connectivity index (χ3n) is 5.26. The summed E-state index contributed by atoms with van der Waals surface area (Å²) in [7, 11) is 0. The average molecular weight is 218 g/mol. The number of aromatic amines is 1. The number of hydrogen-bond acceptors (Lipinski definition) is 2. The third-order valence-corrected chi connectivity index (χ3v) is 5.26. The minimum atomic E-state index is -0.642. The summed E-state index contributed by atoms with van der Waals surface area (Å²) in [6.07, 6.45) is 9.86. The summed E-state index contributed by atoms with van der Waals surface area (Å²) >= 11 is 0. The Kier molecular flexibility index (Phi) is 1.67. The average Bonchev–Trinajstić information content (AvgIpc) is 2.78. The Labute approximate surface area is 95.3 Å². The number of H-pyrrole nitrogens is 1. The van der Waals surface area contributed by atoms with Crippen molar-refractivity contribution in [3.05, 3.63) is 18.2 Å². The summed E-state index contributed by atoms with van der Waals surface area (Å²) in [4.78, 5) is 7.47. The van der Waals surface area contributed by atoms with Crippen LogP contribution in [0.3, 0.4) is 0 Å². The number of nitrogens with one attached hydrogen (secondary N) is 1. The van der Waals surface area contributed by atoms with Gasteiger partial charge in [0.25, 0.3) is 0 Å². The molecule has 0 amide bonds. The molecule has 0 aromatic carbocycles. The molecule has 1 aromatic rings. The molecular weight excluding hydrogens is 200 g/mol. The molecule has 0 spiro atoms. The molecule has 4 aliphatic rings. The van der Waals surface area contributed by atoms with Gasteiger partial charge >= 0.3 is 0 Å². The zero-order valence-electron chi connectivity index (χ0n) is 9.39. The predicted molar refractivity (Wildman–Crippen MR) is 59.5 cm³/mol. The van der Waals surface area contributed by atoms with Gasteiger partial charge in [0, 0.05) is 12.4 Å². The Hall–Kier alpha value is -0.830. The Bertz CT molecular complexity index is 370. The standard InChI is InChI=1S/C13H18N2O/c16-13(12-14-1-2-15-12)10-4-8-3-9(6-10)7-11(13)5-8/h1-2,8-11,16H,3-7H2,(H,14,15). The topological polar surface area (TPSA) is 48.9 Å². The lowest BCUT2D eigenvalue weighted by Crippen LogP contribution is -2.56. The van der Waals surface area contributed by atoms with Gasteiger partial charge in [-0.25, -0.2) is 4.98 Å². The first kappa shape index (κ1) is 9.23. The molecule has 1 aromatic heterocycles. The first-order chi connectivity index (χ1) is 7.77. The lowest BCUT2D eigenvalue weighted by molar-refractivity contribution is -0.183. The quantitative estimate of drug-likeness (QED) is 0.758. The lowest BCUT2D eigenvalue weighted by atomic mass is 9.49. The van der Waals surface area contributed by atoms with Crippen LogP contribution in [0.5, 0.6) is 0 Å². The van der Waals surface area contributed by atoms with Crippen molar-refractivity contribution in [3.63, 3.8) is 0 Å². The van der Waals surface area contributed by atoms with Gasteiger partial charge in [-0.15, -0.1) is 0 Å². The number of nitrogens with zero attached hydrogens (tertiary/aromatic N) is 1. The summed E-state index contributed by atoms with van der Waals surface area (Å²) in [5, 5.41) is 11.1. The van der Waals surface area contributed by atoms with Gasteiger partial charge in [0.15, 0.2) is 0 Å². The van der Waals surface area contributed by atoms with E-state index in [4.69, 9.17) is 0 Å². The molecule has 0 atom stereocenters. The van der Waals surface area contributed by atoms with Gasteiger partial charge in [-0.05, 0) is 55.8 Å². The van der Waals surface area contributed by atoms with Gasteiger partial charge in [-0.3, -0.25) is 0 Å². The molecule has 2 N–H and O–H groups in total. The molecule has 4 saturated carbocycles. The fraction of sp³-hybridized carbons (Fsp3) is 0.769. The van der Waals surface area contributed by atoms with E-state index < -0.39 is 5.60 Å². The maximum atomic E-state index is 11.1. The van der Waals surface area contributed by atoms with Crippen LogP contribution in [0.15, 0.2) is 12.4 Å². The monoisotopic (exact) mass is 218 g/mol. The fourth-order valence-electron chi connectivity index (χ4n) is 4.77. The molecule has 3 heteroatoms. The summed E-state index contributed by atoms with van der Waals surface area (Å²) in [5.74, 6) is 3.50. The second-order valence-corrected chi connectivity index (χ2v) is 6.07. The molecule has 16 heavy (non-hydrogen) atoms. The van der Waals surface area contributed by atoms with Crippen molar-refractivity contribution in [1.82, 2.24) is 9.97 Å². The second kappa shape index (κ2) is 2.89. The SMILES string of the molecule is OC1(c2ncc[nH]2)C2CC3CC(C2)CC1C3. The molecule has 5 rings (SSSR count). The largest absolute Gasteiger partial charge is 0.381 e. The van der Waals surface area contributed by atoms with Crippen LogP contribution < -0.4 is 0 Å². The number of imidazole rings is 1. The highest BCUT2D eigenvalue weighted by molar-refractivity contribution is 5.15. The normalized spacial score (nSPS) is 49.8. The fourth-order valence-corrected chi connectivity index (χ4v) is 4.77. The van der Waals surface area contributed by atoms with Crippen LogP contribution in [0.1, 0.15) is 37.9 Å². The number of aromatic nitrogens is 2. The molecule has 0 unspecified atom stereocenters. The molecule has 4 fully saturated rings. The summed E-state index contributed by atoms with van der Waals surface area (Å²) in [6.45, 7) is 0. The van der Waals surface area contributed by atoms with Crippen LogP contribution >= 0.6 is 0 Å². The van der Waals surface area contributed by atoms with E-state index in [-0.39, 0.29) is 0 Å². The minimum Gasteiger partial charge on any atom is -0.381 e. The van der Waals surface area contributed by atoms with Crippen LogP contribution in [0.25, 0.3) is 0 Å². The van der Waals surface area contributed by atoms with Gasteiger partial charge in [0.2, 0.25) is 0 Å². The van der Waals surface area contributed by atoms with Crippen molar-refractivity contribution in [2.45, 2.75) is 37.7 Å². The van der Waals surface area contributed by atoms with Gasteiger partial charge < -0.3 is 10.1 Å². The summed E-state index contributed by atoms with van der Waals surface area (Å²) in [6, 6.07) is 0. The molecule has 1 heterocycles. The highest BCUT2D eigenvalue weighted by atomic mass is 16.3. The zero-order valence-corrected chi connectivity index (χ0v) is 9.39. The molecular formula is C13H18N2O. The number of rotatable bonds is 1. The molecule has 4 aliphatic carbocycles. The molecule has 0 saturated heterocycles. The smallest absolute Gasteiger partial charge is 0.138 e. The van der Waals surface area contributed by atoms with Gasteiger partial charge in [0.05, 0.1) is 0 Å². The number of aliphatic hydroxyl groups is 1. The lowest BCUT2D eigenvalue weighted by Gasteiger charge is -2.58. The van der Waals surface area contributed by atoms with Crippen molar-refractivity contribution in [2.75, 3.05) is 0 Å². The summed E-state index contributed by atoms with van der Waals surface area (Å²) < 4.78 is 0. The van der Waals surface area contributed by atoms with Gasteiger partial charge in [0.1, 0.15) is 11.4 Å². The first-order valence-corrected chi connectivity index (χ1v) is 6.49. The van der Waals surface area contributed by atoms with Crippen molar-refractivity contribution in [3.8, 4) is 0 Å². The van der Waals surface area contributed by atoms with E-state index in [2.05, 4.69) is 9.97 Å². The van der Waals surface area contributed by atoms with Crippen LogP contribution in [0.4, 0.5) is 0 Å². The molecule has 0 aliphatic heterocycles. The summed E-state index contributed by atoms with van der Waals surface area (Å²) in [5.41, 5.74) is -0.642. The zero-order chi connectivity index (χ0) is 10.8. The van der Waals surface area contributed by atoms with Crippen molar-refractivity contribution >= 4 is 0 Å². The minimum absolute atomic E-state index is 0.454. The van der Waals surface area contributed by atoms with E-state index in [0.717, 1.165) is 17.7 Å². The second-order valence-electron chi connectivity index (χ2n) is 6.07. The van der Waals surface area contributed by atoms with E-state index in [1.807, 2.05) is 6.20 Å². The van der Waals surface area contributed by atoms with E-state index >= 15 is 0 Å². The Balaban J connectivity index is 1.79. The van der Waals surface area contributed by atoms with E-state index in [0.29, 0.717) is 11.8 Å². The van der Waals surface area contributed by atoms with Crippen molar-refractivity contribution in [1.29, 1.82) is 0 Å². The van der Waals surface area contributed by atoms with Crippen LogP contribution in [-0.4, -0.2) is 15.1 Å². The molecule has 86 valence electrons. The molecule has 3 nitrogen and oxygen atoms in total. The maximum Gasteiger partial charge on any atom is 0.138 e. The maximum absolute atomic E-state index is 11.1. The number of hydrogen-bond donors (Lipinski definition) is 2. The predicted octanol–water partition coefficient (Wildman–Crippen LogP) is 2.05. The van der Waals surface area contributed by atoms with Crippen LogP contribution in [0, 0.1) is 23.7 Å². The van der Waals surface area contributed by atoms with Crippen molar-refractivity contribution < 1.29 is 5.11 Å². The van der Waals surface area contributed by atoms with Crippen LogP contribution in [0.2, 0.25) is 0 Å². The molecule has 0 radical (unpaired) electrons. The van der Waals surface area contributed by atoms with E-state index in [9.17, 15) is 5.11 Å². The van der Waals surface area contributed by atoms with Crippen LogP contribution in [-0.2, 0) is 5.60 Å². The highest BCUT2D eigenvalue weighted by Gasteiger charge is 2.58. The van der Waals surface area contributed by atoms with Gasteiger partial charge in [-0.2, -0.15) is 0 Å². The first-order valence-electron chi connectivity index (χ1n) is 6.49. The van der Waals surface area contributed by atoms with E-state index in [1.165, 1.54) is 32.1 Å². The Morgan fingerprint density at radius 1 is 1.12 bits per heavy atom. The third kappa shape index (κ3) is 1.000. The van der Waals surface area contributed by atoms with Crippen molar-refractivity contribution in [2.24, 2.45) is 23.7 Å². The Morgan fingerprint density at radius 3 is 2.25 bits per heavy atom. The highest BCUT2D eigenvalue weighted by Crippen LogP contribution is 2.61.